The van der Waals surface area contributed by atoms with Gasteiger partial charge in [-0.05, 0) is 56.3 Å². The summed E-state index contributed by atoms with van der Waals surface area (Å²) in [4.78, 5) is 11.7. The first-order chi connectivity index (χ1) is 11.6. The lowest BCUT2D eigenvalue weighted by Crippen LogP contribution is -2.50. The van der Waals surface area contributed by atoms with Crippen LogP contribution < -0.4 is 0 Å². The highest BCUT2D eigenvalue weighted by molar-refractivity contribution is 5.66. The van der Waals surface area contributed by atoms with Crippen LogP contribution in [0.4, 0.5) is 0 Å². The molecule has 0 N–H and O–H groups in total. The fraction of sp³-hybridized carbons (Fsp3) is 0.957. The molecule has 0 bridgehead atoms. The van der Waals surface area contributed by atoms with Crippen LogP contribution in [0.15, 0.2) is 0 Å². The second kappa shape index (κ2) is 9.08. The third kappa shape index (κ3) is 5.97. The fourth-order valence-corrected chi connectivity index (χ4v) is 5.02. The summed E-state index contributed by atoms with van der Waals surface area (Å²) in [6.07, 6.45) is 3.85. The Morgan fingerprint density at radius 1 is 0.962 bits per heavy atom. The molecule has 0 aliphatic heterocycles. The van der Waals surface area contributed by atoms with E-state index in [0.717, 1.165) is 25.7 Å². The van der Waals surface area contributed by atoms with Gasteiger partial charge in [-0.25, -0.2) is 0 Å². The van der Waals surface area contributed by atoms with Crippen molar-refractivity contribution in [1.29, 1.82) is 0 Å². The van der Waals surface area contributed by atoms with Crippen molar-refractivity contribution in [1.82, 2.24) is 0 Å². The molecule has 3 heteroatoms. The molecule has 0 rings (SSSR count). The molecule has 0 spiro atoms. The standard InChI is InChI=1S/C23H46O3/c1-13-15-22(10,26-19(5)24)16-20(6,7)17(3)23(11,14-2)18(4)21(8,9)25-12/h17-18H,13-16H2,1-12H3. The number of ether oxygens (including phenoxy) is 2. The maximum atomic E-state index is 11.7. The maximum Gasteiger partial charge on any atom is 0.303 e. The summed E-state index contributed by atoms with van der Waals surface area (Å²) in [6, 6.07) is 0. The smallest absolute Gasteiger partial charge is 0.303 e. The van der Waals surface area contributed by atoms with Crippen LogP contribution in [0.25, 0.3) is 0 Å². The highest BCUT2D eigenvalue weighted by Crippen LogP contribution is 2.53. The molecule has 0 aromatic heterocycles. The van der Waals surface area contributed by atoms with Gasteiger partial charge in [-0.3, -0.25) is 4.79 Å². The second-order valence-corrected chi connectivity index (χ2v) is 10.1. The first kappa shape index (κ1) is 25.4. The van der Waals surface area contributed by atoms with E-state index in [1.54, 1.807) is 7.11 Å². The molecular formula is C23H46O3. The predicted octanol–water partition coefficient (Wildman–Crippen LogP) is 6.64. The summed E-state index contributed by atoms with van der Waals surface area (Å²) in [6.45, 7) is 24.2. The van der Waals surface area contributed by atoms with Crippen molar-refractivity contribution in [2.75, 3.05) is 7.11 Å². The van der Waals surface area contributed by atoms with Crippen molar-refractivity contribution in [3.63, 3.8) is 0 Å². The van der Waals surface area contributed by atoms with E-state index in [1.807, 2.05) is 0 Å². The normalized spacial score (nSPS) is 20.0. The summed E-state index contributed by atoms with van der Waals surface area (Å²) < 4.78 is 11.6. The lowest BCUT2D eigenvalue weighted by Gasteiger charge is -2.53. The van der Waals surface area contributed by atoms with Crippen molar-refractivity contribution in [2.45, 2.75) is 113 Å². The molecule has 0 heterocycles. The van der Waals surface area contributed by atoms with Crippen LogP contribution >= 0.6 is 0 Å². The fourth-order valence-electron chi connectivity index (χ4n) is 5.02. The van der Waals surface area contributed by atoms with Gasteiger partial charge in [0.15, 0.2) is 0 Å². The number of hydrogen-bond donors (Lipinski definition) is 0. The first-order valence-corrected chi connectivity index (χ1v) is 10.4. The Labute approximate surface area is 163 Å². The zero-order valence-electron chi connectivity index (χ0n) is 19.7. The van der Waals surface area contributed by atoms with E-state index in [-0.39, 0.29) is 22.4 Å². The zero-order valence-corrected chi connectivity index (χ0v) is 19.7. The number of methoxy groups -OCH3 is 1. The maximum absolute atomic E-state index is 11.7. The summed E-state index contributed by atoms with van der Waals surface area (Å²) in [7, 11) is 1.81. The highest BCUT2D eigenvalue weighted by atomic mass is 16.6. The van der Waals surface area contributed by atoms with Gasteiger partial charge in [0.05, 0.1) is 5.60 Å². The van der Waals surface area contributed by atoms with Crippen LogP contribution in [0.2, 0.25) is 0 Å². The number of hydrogen-bond acceptors (Lipinski definition) is 3. The average molecular weight is 371 g/mol. The van der Waals surface area contributed by atoms with Gasteiger partial charge in [0.25, 0.3) is 0 Å². The molecule has 26 heavy (non-hydrogen) atoms. The summed E-state index contributed by atoms with van der Waals surface area (Å²) in [5.74, 6) is 0.651. The quantitative estimate of drug-likeness (QED) is 0.382. The van der Waals surface area contributed by atoms with E-state index in [0.29, 0.717) is 11.8 Å². The molecule has 0 saturated carbocycles. The van der Waals surface area contributed by atoms with Gasteiger partial charge in [0.1, 0.15) is 5.60 Å². The van der Waals surface area contributed by atoms with E-state index >= 15 is 0 Å². The number of rotatable bonds is 11. The lowest BCUT2D eigenvalue weighted by molar-refractivity contribution is -0.162. The van der Waals surface area contributed by atoms with Gasteiger partial charge >= 0.3 is 5.97 Å². The molecule has 0 radical (unpaired) electrons. The Hall–Kier alpha value is -0.570. The topological polar surface area (TPSA) is 35.5 Å². The van der Waals surface area contributed by atoms with Crippen LogP contribution in [0, 0.1) is 22.7 Å². The molecule has 0 fully saturated rings. The molecule has 3 nitrogen and oxygen atoms in total. The molecule has 0 amide bonds. The van der Waals surface area contributed by atoms with Gasteiger partial charge in [-0.2, -0.15) is 0 Å². The van der Waals surface area contributed by atoms with Gasteiger partial charge in [-0.15, -0.1) is 0 Å². The minimum absolute atomic E-state index is 0.0300. The molecule has 0 saturated heterocycles. The minimum Gasteiger partial charge on any atom is -0.460 e. The Bertz CT molecular complexity index is 454. The Kier molecular flexibility index (Phi) is 8.88. The SMILES string of the molecule is CCCC(C)(CC(C)(C)C(C)C(C)(CC)C(C)C(C)(C)OC)OC(C)=O. The average Bonchev–Trinajstić information content (AvgIpc) is 2.51. The zero-order chi connectivity index (χ0) is 21.0. The number of esters is 1. The molecule has 0 aliphatic rings. The molecular weight excluding hydrogens is 324 g/mol. The van der Waals surface area contributed by atoms with Crippen molar-refractivity contribution in [3.8, 4) is 0 Å². The molecule has 0 aromatic rings. The molecule has 156 valence electrons. The summed E-state index contributed by atoms with van der Waals surface area (Å²) >= 11 is 0. The molecule has 4 unspecified atom stereocenters. The molecule has 0 aliphatic carbocycles. The van der Waals surface area contributed by atoms with Crippen LogP contribution in [0.1, 0.15) is 102 Å². The monoisotopic (exact) mass is 370 g/mol. The third-order valence-corrected chi connectivity index (χ3v) is 7.48. The number of carbonyl (C=O) groups is 1. The second-order valence-electron chi connectivity index (χ2n) is 10.1. The van der Waals surface area contributed by atoms with E-state index in [2.05, 4.69) is 69.2 Å². The largest absolute Gasteiger partial charge is 0.460 e. The first-order valence-electron chi connectivity index (χ1n) is 10.4. The van der Waals surface area contributed by atoms with Crippen molar-refractivity contribution >= 4 is 5.97 Å². The molecule has 0 aromatic carbocycles. The van der Waals surface area contributed by atoms with Crippen LogP contribution in [0.5, 0.6) is 0 Å². The Balaban J connectivity index is 5.75. The number of carbonyl (C=O) groups excluding carboxylic acids is 1. The van der Waals surface area contributed by atoms with Crippen LogP contribution in [0.3, 0.4) is 0 Å². The highest BCUT2D eigenvalue weighted by Gasteiger charge is 2.49. The van der Waals surface area contributed by atoms with Gasteiger partial charge in [-0.1, -0.05) is 61.3 Å². The van der Waals surface area contributed by atoms with E-state index in [4.69, 9.17) is 9.47 Å². The van der Waals surface area contributed by atoms with Gasteiger partial charge < -0.3 is 9.47 Å². The van der Waals surface area contributed by atoms with Gasteiger partial charge in [0.2, 0.25) is 0 Å². The van der Waals surface area contributed by atoms with Crippen LogP contribution in [-0.2, 0) is 14.3 Å². The third-order valence-electron chi connectivity index (χ3n) is 7.48. The Morgan fingerprint density at radius 2 is 1.46 bits per heavy atom. The van der Waals surface area contributed by atoms with E-state index < -0.39 is 5.60 Å². The van der Waals surface area contributed by atoms with Crippen molar-refractivity contribution in [3.05, 3.63) is 0 Å². The minimum atomic E-state index is -0.410. The molecule has 4 atom stereocenters. The predicted molar refractivity (Wildman–Crippen MR) is 111 cm³/mol. The Morgan fingerprint density at radius 3 is 1.81 bits per heavy atom. The summed E-state index contributed by atoms with van der Waals surface area (Å²) in [5, 5.41) is 0. The summed E-state index contributed by atoms with van der Waals surface area (Å²) in [5.41, 5.74) is -0.445. The van der Waals surface area contributed by atoms with E-state index in [1.165, 1.54) is 6.92 Å². The lowest BCUT2D eigenvalue weighted by atomic mass is 9.54. The van der Waals surface area contributed by atoms with Crippen LogP contribution in [-0.4, -0.2) is 24.3 Å². The van der Waals surface area contributed by atoms with E-state index in [9.17, 15) is 4.79 Å². The van der Waals surface area contributed by atoms with Crippen molar-refractivity contribution in [2.24, 2.45) is 22.7 Å². The van der Waals surface area contributed by atoms with Gasteiger partial charge in [0, 0.05) is 14.0 Å². The van der Waals surface area contributed by atoms with Crippen molar-refractivity contribution < 1.29 is 14.3 Å².